The van der Waals surface area contributed by atoms with Gasteiger partial charge in [-0.05, 0) is 33.6 Å². The number of benzene rings is 1. The third-order valence-corrected chi connectivity index (χ3v) is 2.49. The molecule has 0 atom stereocenters. The molecule has 0 heterocycles. The Balaban J connectivity index is 2.94. The van der Waals surface area contributed by atoms with Crippen molar-refractivity contribution in [3.8, 4) is 0 Å². The molecule has 0 bridgehead atoms. The van der Waals surface area contributed by atoms with Gasteiger partial charge in [0.15, 0.2) is 0 Å². The van der Waals surface area contributed by atoms with Crippen LogP contribution in [0.4, 0.5) is 5.69 Å². The Labute approximate surface area is 100.0 Å². The van der Waals surface area contributed by atoms with Gasteiger partial charge in [-0.25, -0.2) is 4.79 Å². The first-order chi connectivity index (χ1) is 7.54. The second-order valence-corrected chi connectivity index (χ2v) is 3.67. The van der Waals surface area contributed by atoms with E-state index < -0.39 is 10.9 Å². The summed E-state index contributed by atoms with van der Waals surface area (Å²) < 4.78 is 4.96. The van der Waals surface area contributed by atoms with Crippen LogP contribution in [0.2, 0.25) is 0 Å². The van der Waals surface area contributed by atoms with Gasteiger partial charge < -0.3 is 4.74 Å². The van der Waals surface area contributed by atoms with E-state index in [2.05, 4.69) is 20.7 Å². The second kappa shape index (κ2) is 5.41. The van der Waals surface area contributed by atoms with Crippen molar-refractivity contribution in [2.45, 2.75) is 0 Å². The van der Waals surface area contributed by atoms with Crippen LogP contribution in [0.5, 0.6) is 0 Å². The molecule has 0 aliphatic heterocycles. The molecule has 1 aromatic carbocycles. The summed E-state index contributed by atoms with van der Waals surface area (Å²) in [6.07, 6.45) is 1.25. The molecule has 6 heteroatoms. The first-order valence-corrected chi connectivity index (χ1v) is 5.04. The number of non-ortho nitro benzene ring substituents is 1. The summed E-state index contributed by atoms with van der Waals surface area (Å²) in [5.74, 6) is -0.495. The lowest BCUT2D eigenvalue weighted by Crippen LogP contribution is -1.95. The molecule has 0 unspecified atom stereocenters. The highest BCUT2D eigenvalue weighted by Crippen LogP contribution is 2.23. The zero-order valence-electron chi connectivity index (χ0n) is 8.34. The van der Waals surface area contributed by atoms with E-state index in [0.29, 0.717) is 10.0 Å². The lowest BCUT2D eigenvalue weighted by atomic mass is 10.2. The SMILES string of the molecule is COC(=O)C=C(Br)c1ccc([N+](=O)[O-])cc1. The van der Waals surface area contributed by atoms with E-state index >= 15 is 0 Å². The van der Waals surface area contributed by atoms with Gasteiger partial charge in [-0.2, -0.15) is 0 Å². The van der Waals surface area contributed by atoms with Crippen LogP contribution in [-0.4, -0.2) is 18.0 Å². The zero-order valence-corrected chi connectivity index (χ0v) is 9.93. The number of nitro groups is 1. The normalized spacial score (nSPS) is 11.0. The van der Waals surface area contributed by atoms with Crippen molar-refractivity contribution in [2.75, 3.05) is 7.11 Å². The van der Waals surface area contributed by atoms with Gasteiger partial charge in [0.1, 0.15) is 0 Å². The quantitative estimate of drug-likeness (QED) is 0.370. The predicted molar refractivity (Wildman–Crippen MR) is 62.0 cm³/mol. The lowest BCUT2D eigenvalue weighted by molar-refractivity contribution is -0.384. The van der Waals surface area contributed by atoms with E-state index in [9.17, 15) is 14.9 Å². The van der Waals surface area contributed by atoms with Gasteiger partial charge in [-0.3, -0.25) is 10.1 Å². The van der Waals surface area contributed by atoms with Crippen LogP contribution < -0.4 is 0 Å². The number of esters is 1. The van der Waals surface area contributed by atoms with Crippen molar-refractivity contribution < 1.29 is 14.5 Å². The number of carbonyl (C=O) groups excluding carboxylic acids is 1. The largest absolute Gasteiger partial charge is 0.466 e. The molecular weight excluding hydrogens is 278 g/mol. The van der Waals surface area contributed by atoms with Crippen molar-refractivity contribution in [2.24, 2.45) is 0 Å². The molecule has 0 fully saturated rings. The van der Waals surface area contributed by atoms with E-state index in [0.717, 1.165) is 0 Å². The summed E-state index contributed by atoms with van der Waals surface area (Å²) in [5.41, 5.74) is 0.665. The smallest absolute Gasteiger partial charge is 0.331 e. The Morgan fingerprint density at radius 3 is 2.44 bits per heavy atom. The third kappa shape index (κ3) is 3.16. The summed E-state index contributed by atoms with van der Waals surface area (Å²) in [6.45, 7) is 0. The highest BCUT2D eigenvalue weighted by molar-refractivity contribution is 9.15. The topological polar surface area (TPSA) is 69.4 Å². The fraction of sp³-hybridized carbons (Fsp3) is 0.100. The van der Waals surface area contributed by atoms with Gasteiger partial charge in [-0.1, -0.05) is 0 Å². The van der Waals surface area contributed by atoms with Gasteiger partial charge >= 0.3 is 5.97 Å². The zero-order chi connectivity index (χ0) is 12.1. The minimum Gasteiger partial charge on any atom is -0.466 e. The minimum absolute atomic E-state index is 0.00196. The summed E-state index contributed by atoms with van der Waals surface area (Å²) in [7, 11) is 1.27. The number of hydrogen-bond acceptors (Lipinski definition) is 4. The van der Waals surface area contributed by atoms with Crippen molar-refractivity contribution >= 4 is 32.1 Å². The third-order valence-electron chi connectivity index (χ3n) is 1.80. The van der Waals surface area contributed by atoms with Gasteiger partial charge in [-0.15, -0.1) is 0 Å². The summed E-state index contributed by atoms with van der Waals surface area (Å²) >= 11 is 3.18. The fourth-order valence-electron chi connectivity index (χ4n) is 0.988. The second-order valence-electron chi connectivity index (χ2n) is 2.82. The van der Waals surface area contributed by atoms with E-state index in [4.69, 9.17) is 0 Å². The maximum absolute atomic E-state index is 10.9. The first kappa shape index (κ1) is 12.4. The van der Waals surface area contributed by atoms with Crippen molar-refractivity contribution in [3.05, 3.63) is 46.0 Å². The number of ether oxygens (including phenoxy) is 1. The Hall–Kier alpha value is -1.69. The summed E-state index contributed by atoms with van der Waals surface area (Å²) in [4.78, 5) is 20.9. The minimum atomic E-state index is -0.495. The number of hydrogen-bond donors (Lipinski definition) is 0. The van der Waals surface area contributed by atoms with Crippen LogP contribution in [-0.2, 0) is 9.53 Å². The molecule has 16 heavy (non-hydrogen) atoms. The van der Waals surface area contributed by atoms with Gasteiger partial charge in [0.2, 0.25) is 0 Å². The Kier molecular flexibility index (Phi) is 4.19. The van der Waals surface area contributed by atoms with Crippen LogP contribution in [0, 0.1) is 10.1 Å². The summed E-state index contributed by atoms with van der Waals surface area (Å²) in [6, 6.07) is 5.81. The van der Waals surface area contributed by atoms with Crippen molar-refractivity contribution in [3.63, 3.8) is 0 Å². The van der Waals surface area contributed by atoms with Crippen LogP contribution in [0.3, 0.4) is 0 Å². The highest BCUT2D eigenvalue weighted by atomic mass is 79.9. The number of methoxy groups -OCH3 is 1. The molecule has 0 aliphatic rings. The fourth-order valence-corrected chi connectivity index (χ4v) is 1.44. The lowest BCUT2D eigenvalue weighted by Gasteiger charge is -1.99. The van der Waals surface area contributed by atoms with E-state index in [-0.39, 0.29) is 5.69 Å². The van der Waals surface area contributed by atoms with Crippen molar-refractivity contribution in [1.29, 1.82) is 0 Å². The molecule has 0 N–H and O–H groups in total. The molecule has 0 spiro atoms. The number of carbonyl (C=O) groups is 1. The number of halogens is 1. The number of nitro benzene ring substituents is 1. The molecule has 84 valence electrons. The van der Waals surface area contributed by atoms with E-state index in [1.807, 2.05) is 0 Å². The monoisotopic (exact) mass is 285 g/mol. The predicted octanol–water partition coefficient (Wildman–Crippen LogP) is 2.50. The van der Waals surface area contributed by atoms with E-state index in [1.165, 1.54) is 25.3 Å². The van der Waals surface area contributed by atoms with Crippen LogP contribution in [0.1, 0.15) is 5.56 Å². The molecule has 5 nitrogen and oxygen atoms in total. The molecule has 1 rings (SSSR count). The molecule has 0 saturated carbocycles. The molecule has 1 aromatic rings. The standard InChI is InChI=1S/C10H8BrNO4/c1-16-10(13)6-9(11)7-2-4-8(5-3-7)12(14)15/h2-6H,1H3. The maximum atomic E-state index is 10.9. The van der Waals surface area contributed by atoms with Gasteiger partial charge in [0.05, 0.1) is 12.0 Å². The molecular formula is C10H8BrNO4. The Bertz CT molecular complexity index is 439. The summed E-state index contributed by atoms with van der Waals surface area (Å²) in [5, 5.41) is 10.4. The van der Waals surface area contributed by atoms with Gasteiger partial charge in [0.25, 0.3) is 5.69 Å². The van der Waals surface area contributed by atoms with Gasteiger partial charge in [0, 0.05) is 22.7 Å². The maximum Gasteiger partial charge on any atom is 0.331 e. The average molecular weight is 286 g/mol. The molecule has 0 aliphatic carbocycles. The molecule has 0 aromatic heterocycles. The first-order valence-electron chi connectivity index (χ1n) is 4.24. The number of rotatable bonds is 3. The van der Waals surface area contributed by atoms with Crippen molar-refractivity contribution in [1.82, 2.24) is 0 Å². The van der Waals surface area contributed by atoms with Crippen LogP contribution >= 0.6 is 15.9 Å². The van der Waals surface area contributed by atoms with E-state index in [1.54, 1.807) is 12.1 Å². The molecule has 0 saturated heterocycles. The Morgan fingerprint density at radius 1 is 1.44 bits per heavy atom. The average Bonchev–Trinajstić information content (AvgIpc) is 2.28. The number of nitrogens with zero attached hydrogens (tertiary/aromatic N) is 1. The Morgan fingerprint density at radius 2 is 2.00 bits per heavy atom. The van der Waals surface area contributed by atoms with Crippen LogP contribution in [0.25, 0.3) is 4.48 Å². The molecule has 0 radical (unpaired) electrons. The highest BCUT2D eigenvalue weighted by Gasteiger charge is 2.06. The van der Waals surface area contributed by atoms with Crippen LogP contribution in [0.15, 0.2) is 30.3 Å². The molecule has 0 amide bonds.